The van der Waals surface area contributed by atoms with E-state index in [-0.39, 0.29) is 5.38 Å². The summed E-state index contributed by atoms with van der Waals surface area (Å²) in [5.74, 6) is 1.77. The summed E-state index contributed by atoms with van der Waals surface area (Å²) in [5.41, 5.74) is 1.90. The second kappa shape index (κ2) is 5.66. The van der Waals surface area contributed by atoms with Crippen LogP contribution in [0, 0.1) is 0 Å². The van der Waals surface area contributed by atoms with Crippen LogP contribution in [0.15, 0.2) is 24.5 Å². The van der Waals surface area contributed by atoms with E-state index in [1.165, 1.54) is 0 Å². The minimum Gasteiger partial charge on any atom is -0.326 e. The van der Waals surface area contributed by atoms with Crippen LogP contribution in [0.2, 0.25) is 5.02 Å². The number of imidazole rings is 1. The van der Waals surface area contributed by atoms with Crippen LogP contribution in [0.3, 0.4) is 0 Å². The molecule has 0 aliphatic rings. The molecule has 1 aromatic carbocycles. The van der Waals surface area contributed by atoms with Crippen molar-refractivity contribution in [1.29, 1.82) is 0 Å². The highest BCUT2D eigenvalue weighted by atomic mass is 35.5. The van der Waals surface area contributed by atoms with Gasteiger partial charge in [-0.25, -0.2) is 4.98 Å². The first kappa shape index (κ1) is 14.4. The zero-order valence-electron chi connectivity index (χ0n) is 11.8. The van der Waals surface area contributed by atoms with E-state index in [0.29, 0.717) is 5.02 Å². The van der Waals surface area contributed by atoms with E-state index in [1.807, 2.05) is 36.7 Å². The van der Waals surface area contributed by atoms with Crippen molar-refractivity contribution in [3.63, 3.8) is 0 Å². The van der Waals surface area contributed by atoms with Crippen LogP contribution in [0.1, 0.15) is 23.9 Å². The largest absolute Gasteiger partial charge is 0.326 e. The standard InChI is InChI=1S/C14H15Cl2N5/c1-9(15)14-18-11-4-3-10(16)7-12(11)21(14)6-5-13-19-17-8-20(13)2/h3-4,7-9H,5-6H2,1-2H3. The Bertz CT molecular complexity index is 775. The summed E-state index contributed by atoms with van der Waals surface area (Å²) >= 11 is 12.4. The molecule has 0 radical (unpaired) electrons. The molecule has 0 N–H and O–H groups in total. The lowest BCUT2D eigenvalue weighted by atomic mass is 10.3. The minimum atomic E-state index is -0.171. The molecule has 1 unspecified atom stereocenters. The van der Waals surface area contributed by atoms with Gasteiger partial charge in [-0.2, -0.15) is 0 Å². The maximum Gasteiger partial charge on any atom is 0.134 e. The van der Waals surface area contributed by atoms with Gasteiger partial charge in [0.05, 0.1) is 16.4 Å². The predicted octanol–water partition coefficient (Wildman–Crippen LogP) is 3.36. The number of alkyl halides is 1. The van der Waals surface area contributed by atoms with E-state index >= 15 is 0 Å². The molecule has 3 rings (SSSR count). The molecule has 110 valence electrons. The van der Waals surface area contributed by atoms with Gasteiger partial charge >= 0.3 is 0 Å². The van der Waals surface area contributed by atoms with Gasteiger partial charge in [0, 0.05) is 25.0 Å². The third-order valence-corrected chi connectivity index (χ3v) is 3.89. The van der Waals surface area contributed by atoms with E-state index in [1.54, 1.807) is 6.33 Å². The zero-order chi connectivity index (χ0) is 15.0. The summed E-state index contributed by atoms with van der Waals surface area (Å²) in [4.78, 5) is 4.61. The summed E-state index contributed by atoms with van der Waals surface area (Å²) in [7, 11) is 1.93. The number of aromatic nitrogens is 5. The molecule has 2 aromatic heterocycles. The van der Waals surface area contributed by atoms with Crippen LogP contribution in [0.5, 0.6) is 0 Å². The molecule has 0 aliphatic carbocycles. The van der Waals surface area contributed by atoms with Crippen LogP contribution in [0.25, 0.3) is 11.0 Å². The Kier molecular flexibility index (Phi) is 3.87. The summed E-state index contributed by atoms with van der Waals surface area (Å²) < 4.78 is 4.02. The fourth-order valence-corrected chi connectivity index (χ4v) is 2.73. The third-order valence-electron chi connectivity index (χ3n) is 3.46. The first-order valence-corrected chi connectivity index (χ1v) is 7.50. The van der Waals surface area contributed by atoms with E-state index in [9.17, 15) is 0 Å². The molecule has 0 amide bonds. The molecule has 0 spiro atoms. The number of nitrogens with zero attached hydrogens (tertiary/aromatic N) is 5. The summed E-state index contributed by atoms with van der Waals surface area (Å²) in [6.07, 6.45) is 2.45. The van der Waals surface area contributed by atoms with Crippen LogP contribution in [-0.4, -0.2) is 24.3 Å². The summed E-state index contributed by atoms with van der Waals surface area (Å²) in [6.45, 7) is 2.65. The maximum absolute atomic E-state index is 6.26. The van der Waals surface area contributed by atoms with Gasteiger partial charge in [-0.1, -0.05) is 11.6 Å². The molecule has 7 heteroatoms. The Hall–Kier alpha value is -1.59. The van der Waals surface area contributed by atoms with Crippen LogP contribution in [-0.2, 0) is 20.0 Å². The van der Waals surface area contributed by atoms with E-state index in [0.717, 1.165) is 35.6 Å². The normalized spacial score (nSPS) is 13.0. The summed E-state index contributed by atoms with van der Waals surface area (Å²) in [5, 5.41) is 8.52. The number of aryl methyl sites for hydroxylation is 3. The average molecular weight is 324 g/mol. The van der Waals surface area contributed by atoms with Crippen molar-refractivity contribution >= 4 is 34.2 Å². The molecular weight excluding hydrogens is 309 g/mol. The van der Waals surface area contributed by atoms with Crippen molar-refractivity contribution in [3.8, 4) is 0 Å². The van der Waals surface area contributed by atoms with Gasteiger partial charge in [-0.05, 0) is 25.1 Å². The summed E-state index contributed by atoms with van der Waals surface area (Å²) in [6, 6.07) is 5.68. The van der Waals surface area contributed by atoms with Crippen molar-refractivity contribution in [2.75, 3.05) is 0 Å². The molecule has 2 heterocycles. The third kappa shape index (κ3) is 2.76. The molecule has 1 atom stereocenters. The lowest BCUT2D eigenvalue weighted by molar-refractivity contribution is 0.632. The van der Waals surface area contributed by atoms with Gasteiger partial charge in [0.2, 0.25) is 0 Å². The van der Waals surface area contributed by atoms with Gasteiger partial charge in [-0.3, -0.25) is 0 Å². The van der Waals surface area contributed by atoms with Crippen molar-refractivity contribution in [3.05, 3.63) is 41.2 Å². The van der Waals surface area contributed by atoms with Gasteiger partial charge in [-0.15, -0.1) is 21.8 Å². The fourth-order valence-electron chi connectivity index (χ4n) is 2.40. The van der Waals surface area contributed by atoms with Gasteiger partial charge < -0.3 is 9.13 Å². The van der Waals surface area contributed by atoms with Crippen molar-refractivity contribution in [2.45, 2.75) is 25.3 Å². The average Bonchev–Trinajstić information content (AvgIpc) is 3.00. The van der Waals surface area contributed by atoms with E-state index in [4.69, 9.17) is 23.2 Å². The smallest absolute Gasteiger partial charge is 0.134 e. The molecule has 5 nitrogen and oxygen atoms in total. The SMILES string of the molecule is CC(Cl)c1nc2ccc(Cl)cc2n1CCc1nncn1C. The minimum absolute atomic E-state index is 0.171. The molecule has 3 aromatic rings. The predicted molar refractivity (Wildman–Crippen MR) is 83.7 cm³/mol. The monoisotopic (exact) mass is 323 g/mol. The Balaban J connectivity index is 2.00. The van der Waals surface area contributed by atoms with Gasteiger partial charge in [0.15, 0.2) is 0 Å². The first-order valence-electron chi connectivity index (χ1n) is 6.69. The van der Waals surface area contributed by atoms with Gasteiger partial charge in [0.1, 0.15) is 18.0 Å². The quantitative estimate of drug-likeness (QED) is 0.692. The highest BCUT2D eigenvalue weighted by molar-refractivity contribution is 6.31. The Morgan fingerprint density at radius 1 is 1.33 bits per heavy atom. The number of fused-ring (bicyclic) bond motifs is 1. The highest BCUT2D eigenvalue weighted by Gasteiger charge is 2.15. The van der Waals surface area contributed by atoms with Crippen LogP contribution >= 0.6 is 23.2 Å². The van der Waals surface area contributed by atoms with Crippen molar-refractivity contribution in [2.24, 2.45) is 7.05 Å². The van der Waals surface area contributed by atoms with E-state index < -0.39 is 0 Å². The molecule has 0 bridgehead atoms. The molecular formula is C14H15Cl2N5. The lowest BCUT2D eigenvalue weighted by Gasteiger charge is -2.10. The molecule has 0 saturated heterocycles. The topological polar surface area (TPSA) is 48.5 Å². The zero-order valence-corrected chi connectivity index (χ0v) is 13.3. The fraction of sp³-hybridized carbons (Fsp3) is 0.357. The molecule has 0 saturated carbocycles. The second-order valence-electron chi connectivity index (χ2n) is 4.98. The van der Waals surface area contributed by atoms with Crippen molar-refractivity contribution in [1.82, 2.24) is 24.3 Å². The lowest BCUT2D eigenvalue weighted by Crippen LogP contribution is -2.09. The Labute approximate surface area is 132 Å². The number of benzene rings is 1. The molecule has 0 fully saturated rings. The van der Waals surface area contributed by atoms with Gasteiger partial charge in [0.25, 0.3) is 0 Å². The van der Waals surface area contributed by atoms with Crippen LogP contribution in [0.4, 0.5) is 0 Å². The van der Waals surface area contributed by atoms with Crippen molar-refractivity contribution < 1.29 is 0 Å². The number of halogens is 2. The Morgan fingerprint density at radius 2 is 2.14 bits per heavy atom. The second-order valence-corrected chi connectivity index (χ2v) is 6.07. The molecule has 0 aliphatic heterocycles. The molecule has 21 heavy (non-hydrogen) atoms. The van der Waals surface area contributed by atoms with Crippen LogP contribution < -0.4 is 0 Å². The number of rotatable bonds is 4. The van der Waals surface area contributed by atoms with E-state index in [2.05, 4.69) is 19.7 Å². The first-order chi connectivity index (χ1) is 10.1. The number of hydrogen-bond acceptors (Lipinski definition) is 3. The Morgan fingerprint density at radius 3 is 2.81 bits per heavy atom. The number of hydrogen-bond donors (Lipinski definition) is 0. The highest BCUT2D eigenvalue weighted by Crippen LogP contribution is 2.26. The maximum atomic E-state index is 6.26.